The zero-order valence-electron chi connectivity index (χ0n) is 11.4. The molecular weight excluding hydrogens is 234 g/mol. The van der Waals surface area contributed by atoms with Gasteiger partial charge in [0.05, 0.1) is 6.10 Å². The number of hydrogen-bond acceptors (Lipinski definition) is 1. The predicted molar refractivity (Wildman–Crippen MR) is 80.5 cm³/mol. The van der Waals surface area contributed by atoms with E-state index in [1.54, 1.807) is 0 Å². The monoisotopic (exact) mass is 253 g/mol. The zero-order chi connectivity index (χ0) is 13.4. The van der Waals surface area contributed by atoms with Crippen LogP contribution < -0.4 is 0 Å². The van der Waals surface area contributed by atoms with Gasteiger partial charge < -0.3 is 9.67 Å². The van der Waals surface area contributed by atoms with E-state index < -0.39 is 0 Å². The SMILES string of the molecule is CCn1c2ccccc2c2cc(CC(C)O)ccc21. The molecule has 0 fully saturated rings. The topological polar surface area (TPSA) is 25.2 Å². The smallest absolute Gasteiger partial charge is 0.0552 e. The Morgan fingerprint density at radius 1 is 1.05 bits per heavy atom. The average molecular weight is 253 g/mol. The third-order valence-electron chi connectivity index (χ3n) is 3.68. The van der Waals surface area contributed by atoms with Gasteiger partial charge >= 0.3 is 0 Å². The number of aliphatic hydroxyl groups excluding tert-OH is 1. The Labute approximate surface area is 113 Å². The summed E-state index contributed by atoms with van der Waals surface area (Å²) in [5.74, 6) is 0. The van der Waals surface area contributed by atoms with Crippen LogP contribution in [0.2, 0.25) is 0 Å². The second-order valence-electron chi connectivity index (χ2n) is 5.17. The van der Waals surface area contributed by atoms with Gasteiger partial charge in [-0.3, -0.25) is 0 Å². The molecule has 2 heteroatoms. The molecule has 1 N–H and O–H groups in total. The third kappa shape index (κ3) is 2.02. The number of nitrogens with zero attached hydrogens (tertiary/aromatic N) is 1. The fraction of sp³-hybridized carbons (Fsp3) is 0.294. The highest BCUT2D eigenvalue weighted by Gasteiger charge is 2.10. The molecule has 0 aliphatic rings. The van der Waals surface area contributed by atoms with Gasteiger partial charge in [0, 0.05) is 28.4 Å². The Hall–Kier alpha value is -1.80. The first-order valence-electron chi connectivity index (χ1n) is 6.88. The number of benzene rings is 2. The summed E-state index contributed by atoms with van der Waals surface area (Å²) in [7, 11) is 0. The number of fused-ring (bicyclic) bond motifs is 3. The number of hydrogen-bond donors (Lipinski definition) is 1. The van der Waals surface area contributed by atoms with Crippen LogP contribution in [0.15, 0.2) is 42.5 Å². The molecule has 19 heavy (non-hydrogen) atoms. The molecule has 3 aromatic rings. The zero-order valence-corrected chi connectivity index (χ0v) is 11.4. The van der Waals surface area contributed by atoms with Crippen LogP contribution in [-0.2, 0) is 13.0 Å². The molecule has 0 amide bonds. The van der Waals surface area contributed by atoms with Gasteiger partial charge in [0.1, 0.15) is 0 Å². The molecule has 0 saturated carbocycles. The first kappa shape index (κ1) is 12.2. The van der Waals surface area contributed by atoms with E-state index in [4.69, 9.17) is 0 Å². The second-order valence-corrected chi connectivity index (χ2v) is 5.17. The molecule has 0 spiro atoms. The maximum Gasteiger partial charge on any atom is 0.0552 e. The lowest BCUT2D eigenvalue weighted by Crippen LogP contribution is -2.03. The van der Waals surface area contributed by atoms with Gasteiger partial charge in [-0.2, -0.15) is 0 Å². The van der Waals surface area contributed by atoms with E-state index in [-0.39, 0.29) is 6.10 Å². The number of aryl methyl sites for hydroxylation is 1. The van der Waals surface area contributed by atoms with Gasteiger partial charge in [-0.15, -0.1) is 0 Å². The molecule has 1 aromatic heterocycles. The summed E-state index contributed by atoms with van der Waals surface area (Å²) in [4.78, 5) is 0. The normalized spacial score (nSPS) is 13.2. The van der Waals surface area contributed by atoms with Crippen LogP contribution in [0.1, 0.15) is 19.4 Å². The molecule has 2 nitrogen and oxygen atoms in total. The van der Waals surface area contributed by atoms with E-state index in [0.29, 0.717) is 6.42 Å². The number of aromatic nitrogens is 1. The second kappa shape index (κ2) is 4.71. The highest BCUT2D eigenvalue weighted by Crippen LogP contribution is 2.29. The van der Waals surface area contributed by atoms with Crippen LogP contribution in [-0.4, -0.2) is 15.8 Å². The van der Waals surface area contributed by atoms with Crippen LogP contribution in [0.5, 0.6) is 0 Å². The van der Waals surface area contributed by atoms with Crippen LogP contribution in [0.3, 0.4) is 0 Å². The lowest BCUT2D eigenvalue weighted by Gasteiger charge is -2.06. The van der Waals surface area contributed by atoms with Crippen molar-refractivity contribution in [2.75, 3.05) is 0 Å². The minimum atomic E-state index is -0.294. The van der Waals surface area contributed by atoms with E-state index in [1.165, 1.54) is 27.4 Å². The van der Waals surface area contributed by atoms with Crippen molar-refractivity contribution < 1.29 is 5.11 Å². The highest BCUT2D eigenvalue weighted by atomic mass is 16.3. The summed E-state index contributed by atoms with van der Waals surface area (Å²) in [6, 6.07) is 15.0. The summed E-state index contributed by atoms with van der Waals surface area (Å²) in [5.41, 5.74) is 3.76. The van der Waals surface area contributed by atoms with E-state index in [9.17, 15) is 5.11 Å². The molecule has 2 aromatic carbocycles. The summed E-state index contributed by atoms with van der Waals surface area (Å²) in [6.45, 7) is 4.98. The van der Waals surface area contributed by atoms with Gasteiger partial charge in [-0.25, -0.2) is 0 Å². The Kier molecular flexibility index (Phi) is 3.03. The minimum absolute atomic E-state index is 0.294. The van der Waals surface area contributed by atoms with Gasteiger partial charge in [-0.05, 0) is 44.0 Å². The molecular formula is C17H19NO. The molecule has 1 atom stereocenters. The van der Waals surface area contributed by atoms with Gasteiger partial charge in [0.2, 0.25) is 0 Å². The lowest BCUT2D eigenvalue weighted by atomic mass is 10.1. The van der Waals surface area contributed by atoms with Crippen molar-refractivity contribution in [2.45, 2.75) is 32.9 Å². The van der Waals surface area contributed by atoms with Gasteiger partial charge in [-0.1, -0.05) is 24.3 Å². The first-order valence-corrected chi connectivity index (χ1v) is 6.88. The minimum Gasteiger partial charge on any atom is -0.393 e. The number of para-hydroxylation sites is 1. The Balaban J connectivity index is 2.30. The van der Waals surface area contributed by atoms with Crippen molar-refractivity contribution >= 4 is 21.8 Å². The third-order valence-corrected chi connectivity index (χ3v) is 3.68. The lowest BCUT2D eigenvalue weighted by molar-refractivity contribution is 0.195. The van der Waals surface area contributed by atoms with Gasteiger partial charge in [0.15, 0.2) is 0 Å². The standard InChI is InChI=1S/C17H19NO/c1-3-18-16-7-5-4-6-14(16)15-11-13(10-12(2)19)8-9-17(15)18/h4-9,11-12,19H,3,10H2,1-2H3. The Bertz CT molecular complexity index is 725. The van der Waals surface area contributed by atoms with Crippen molar-refractivity contribution in [3.8, 4) is 0 Å². The summed E-state index contributed by atoms with van der Waals surface area (Å²) >= 11 is 0. The maximum atomic E-state index is 9.54. The van der Waals surface area contributed by atoms with E-state index in [2.05, 4.69) is 54.0 Å². The summed E-state index contributed by atoms with van der Waals surface area (Å²) in [6.07, 6.45) is 0.415. The average Bonchev–Trinajstić information content (AvgIpc) is 2.71. The number of rotatable bonds is 3. The molecule has 0 radical (unpaired) electrons. The highest BCUT2D eigenvalue weighted by molar-refractivity contribution is 6.08. The summed E-state index contributed by atoms with van der Waals surface area (Å²) < 4.78 is 2.34. The van der Waals surface area contributed by atoms with Crippen LogP contribution in [0.4, 0.5) is 0 Å². The molecule has 98 valence electrons. The largest absolute Gasteiger partial charge is 0.393 e. The van der Waals surface area contributed by atoms with E-state index in [0.717, 1.165) is 6.54 Å². The van der Waals surface area contributed by atoms with E-state index >= 15 is 0 Å². The molecule has 0 saturated heterocycles. The predicted octanol–water partition coefficient (Wildman–Crippen LogP) is 3.74. The first-order chi connectivity index (χ1) is 9.20. The van der Waals surface area contributed by atoms with E-state index in [1.807, 2.05) is 6.92 Å². The van der Waals surface area contributed by atoms with Gasteiger partial charge in [0.25, 0.3) is 0 Å². The summed E-state index contributed by atoms with van der Waals surface area (Å²) in [5, 5.41) is 12.1. The molecule has 0 aliphatic heterocycles. The van der Waals surface area contributed by atoms with Crippen molar-refractivity contribution in [3.05, 3.63) is 48.0 Å². The van der Waals surface area contributed by atoms with Crippen LogP contribution in [0.25, 0.3) is 21.8 Å². The van der Waals surface area contributed by atoms with Crippen molar-refractivity contribution in [2.24, 2.45) is 0 Å². The molecule has 0 bridgehead atoms. The Morgan fingerprint density at radius 2 is 1.79 bits per heavy atom. The molecule has 3 rings (SSSR count). The maximum absolute atomic E-state index is 9.54. The van der Waals surface area contributed by atoms with Crippen molar-refractivity contribution in [3.63, 3.8) is 0 Å². The molecule has 1 unspecified atom stereocenters. The number of aliphatic hydroxyl groups is 1. The fourth-order valence-electron chi connectivity index (χ4n) is 2.91. The fourth-order valence-corrected chi connectivity index (χ4v) is 2.91. The van der Waals surface area contributed by atoms with Crippen molar-refractivity contribution in [1.82, 2.24) is 4.57 Å². The quantitative estimate of drug-likeness (QED) is 0.755. The van der Waals surface area contributed by atoms with Crippen LogP contribution in [0, 0.1) is 0 Å². The molecule has 0 aliphatic carbocycles. The Morgan fingerprint density at radius 3 is 2.53 bits per heavy atom. The van der Waals surface area contributed by atoms with Crippen LogP contribution >= 0.6 is 0 Å². The van der Waals surface area contributed by atoms with Crippen molar-refractivity contribution in [1.29, 1.82) is 0 Å². The molecule has 1 heterocycles.